The molecule has 33 heavy (non-hydrogen) atoms. The van der Waals surface area contributed by atoms with Crippen LogP contribution in [0, 0.1) is 5.41 Å². The van der Waals surface area contributed by atoms with Crippen LogP contribution in [0.1, 0.15) is 57.1 Å². The average Bonchev–Trinajstić information content (AvgIpc) is 3.10. The maximum Gasteiger partial charge on any atom is 0.407 e. The van der Waals surface area contributed by atoms with Gasteiger partial charge in [0.1, 0.15) is 12.6 Å². The molecule has 3 rings (SSSR count). The van der Waals surface area contributed by atoms with Crippen molar-refractivity contribution in [2.24, 2.45) is 5.41 Å². The third-order valence-corrected chi connectivity index (χ3v) is 6.19. The van der Waals surface area contributed by atoms with Gasteiger partial charge in [0, 0.05) is 18.9 Å². The monoisotopic (exact) mass is 452 g/mol. The first-order chi connectivity index (χ1) is 15.7. The molecule has 1 aliphatic rings. The van der Waals surface area contributed by atoms with Crippen LogP contribution in [0.5, 0.6) is 0 Å². The van der Waals surface area contributed by atoms with Crippen LogP contribution in [-0.2, 0) is 14.3 Å². The molecule has 0 aromatic heterocycles. The van der Waals surface area contributed by atoms with E-state index in [2.05, 4.69) is 34.9 Å². The lowest BCUT2D eigenvalue weighted by atomic mass is 9.84. The van der Waals surface area contributed by atoms with Gasteiger partial charge in [-0.25, -0.2) is 4.79 Å². The number of benzene rings is 2. The lowest BCUT2D eigenvalue weighted by molar-refractivity contribution is -0.141. The Morgan fingerprint density at radius 3 is 2.15 bits per heavy atom. The van der Waals surface area contributed by atoms with E-state index >= 15 is 0 Å². The lowest BCUT2D eigenvalue weighted by Crippen LogP contribution is -2.38. The van der Waals surface area contributed by atoms with Gasteiger partial charge in [-0.15, -0.1) is 0 Å². The van der Waals surface area contributed by atoms with Gasteiger partial charge in [-0.2, -0.15) is 0 Å². The van der Waals surface area contributed by atoms with Crippen molar-refractivity contribution in [2.75, 3.05) is 13.2 Å². The van der Waals surface area contributed by atoms with E-state index < -0.39 is 18.1 Å². The van der Waals surface area contributed by atoms with Gasteiger partial charge in [0.05, 0.1) is 0 Å². The van der Waals surface area contributed by atoms with E-state index in [0.717, 1.165) is 0 Å². The summed E-state index contributed by atoms with van der Waals surface area (Å²) in [5.74, 6) is -1.33. The van der Waals surface area contributed by atoms with Crippen molar-refractivity contribution in [1.29, 1.82) is 0 Å². The summed E-state index contributed by atoms with van der Waals surface area (Å²) in [5.41, 5.74) is 4.52. The highest BCUT2D eigenvalue weighted by atomic mass is 16.5. The van der Waals surface area contributed by atoms with E-state index in [4.69, 9.17) is 9.84 Å². The standard InChI is InChI=1S/C26H32N2O5/c1-17(24(30)31)28-23(29)12-13-26(2,3)14-15-27-25(32)33-16-22-20-10-6-4-8-18(20)19-9-5-7-11-21(19)22/h4-11,17,22H,12-16H2,1-3H3,(H,27,32)(H,28,29)(H,30,31). The molecule has 2 amide bonds. The molecule has 0 bridgehead atoms. The molecular formula is C26H32N2O5. The molecule has 7 nitrogen and oxygen atoms in total. The minimum absolute atomic E-state index is 0.0197. The fourth-order valence-corrected chi connectivity index (χ4v) is 4.10. The number of hydrogen-bond donors (Lipinski definition) is 3. The number of nitrogens with one attached hydrogen (secondary N) is 2. The van der Waals surface area contributed by atoms with Gasteiger partial charge < -0.3 is 20.5 Å². The van der Waals surface area contributed by atoms with Gasteiger partial charge >= 0.3 is 12.1 Å². The van der Waals surface area contributed by atoms with E-state index in [-0.39, 0.29) is 30.3 Å². The van der Waals surface area contributed by atoms with E-state index in [1.165, 1.54) is 29.2 Å². The summed E-state index contributed by atoms with van der Waals surface area (Å²) in [7, 11) is 0. The molecule has 2 aromatic rings. The molecule has 1 aliphatic carbocycles. The Hall–Kier alpha value is -3.35. The molecule has 7 heteroatoms. The Morgan fingerprint density at radius 2 is 1.58 bits per heavy atom. The molecule has 1 unspecified atom stereocenters. The van der Waals surface area contributed by atoms with Crippen LogP contribution in [0.3, 0.4) is 0 Å². The summed E-state index contributed by atoms with van der Waals surface area (Å²) in [6.45, 7) is 6.16. The van der Waals surface area contributed by atoms with E-state index in [9.17, 15) is 14.4 Å². The zero-order chi connectivity index (χ0) is 24.0. The van der Waals surface area contributed by atoms with Crippen LogP contribution in [-0.4, -0.2) is 42.3 Å². The zero-order valence-corrected chi connectivity index (χ0v) is 19.4. The summed E-state index contributed by atoms with van der Waals surface area (Å²) >= 11 is 0. The number of carbonyl (C=O) groups is 3. The van der Waals surface area contributed by atoms with Crippen LogP contribution >= 0.6 is 0 Å². The Balaban J connectivity index is 1.43. The number of hydrogen-bond acceptors (Lipinski definition) is 4. The number of aliphatic carboxylic acids is 1. The van der Waals surface area contributed by atoms with E-state index in [1.54, 1.807) is 0 Å². The third-order valence-electron chi connectivity index (χ3n) is 6.19. The van der Waals surface area contributed by atoms with Gasteiger partial charge in [0.15, 0.2) is 0 Å². The first kappa shape index (κ1) is 24.3. The fraction of sp³-hybridized carbons (Fsp3) is 0.423. The largest absolute Gasteiger partial charge is 0.480 e. The van der Waals surface area contributed by atoms with Crippen LogP contribution < -0.4 is 10.6 Å². The van der Waals surface area contributed by atoms with Crippen LogP contribution in [0.25, 0.3) is 11.1 Å². The van der Waals surface area contributed by atoms with Crippen molar-refractivity contribution in [2.45, 2.75) is 52.0 Å². The second-order valence-electron chi connectivity index (χ2n) is 9.29. The highest BCUT2D eigenvalue weighted by Crippen LogP contribution is 2.44. The molecule has 2 aromatic carbocycles. The van der Waals surface area contributed by atoms with Crippen LogP contribution in [0.2, 0.25) is 0 Å². The number of carboxylic acids is 1. The first-order valence-corrected chi connectivity index (χ1v) is 11.3. The first-order valence-electron chi connectivity index (χ1n) is 11.3. The topological polar surface area (TPSA) is 105 Å². The second-order valence-corrected chi connectivity index (χ2v) is 9.29. The van der Waals surface area contributed by atoms with Crippen molar-refractivity contribution >= 4 is 18.0 Å². The summed E-state index contributed by atoms with van der Waals surface area (Å²) in [6, 6.07) is 15.5. The molecule has 0 radical (unpaired) electrons. The number of fused-ring (bicyclic) bond motifs is 3. The van der Waals surface area contributed by atoms with Crippen molar-refractivity contribution in [3.05, 3.63) is 59.7 Å². The SMILES string of the molecule is CC(NC(=O)CCC(C)(C)CCNC(=O)OCC1c2ccccc2-c2ccccc21)C(=O)O. The maximum absolute atomic E-state index is 12.3. The highest BCUT2D eigenvalue weighted by Gasteiger charge is 2.29. The predicted octanol–water partition coefficient (Wildman–Crippen LogP) is 4.31. The Kier molecular flexibility index (Phi) is 7.74. The Bertz CT molecular complexity index is 972. The summed E-state index contributed by atoms with van der Waals surface area (Å²) in [6.07, 6.45) is 1.02. The molecule has 0 saturated carbocycles. The fourth-order valence-electron chi connectivity index (χ4n) is 4.10. The summed E-state index contributed by atoms with van der Waals surface area (Å²) in [5, 5.41) is 14.1. The number of amides is 2. The van der Waals surface area contributed by atoms with Crippen LogP contribution in [0.4, 0.5) is 4.79 Å². The molecule has 0 spiro atoms. The van der Waals surface area contributed by atoms with Gasteiger partial charge in [0.2, 0.25) is 5.91 Å². The van der Waals surface area contributed by atoms with Crippen molar-refractivity contribution < 1.29 is 24.2 Å². The number of carboxylic acid groups (broad SMARTS) is 1. The van der Waals surface area contributed by atoms with Crippen LogP contribution in [0.15, 0.2) is 48.5 Å². The third kappa shape index (κ3) is 6.34. The number of alkyl carbamates (subject to hydrolysis) is 1. The molecule has 0 heterocycles. The van der Waals surface area contributed by atoms with Gasteiger partial charge in [-0.1, -0.05) is 62.4 Å². The number of ether oxygens (including phenoxy) is 1. The smallest absolute Gasteiger partial charge is 0.407 e. The predicted molar refractivity (Wildman–Crippen MR) is 126 cm³/mol. The van der Waals surface area contributed by atoms with Gasteiger partial charge in [-0.3, -0.25) is 9.59 Å². The van der Waals surface area contributed by atoms with Gasteiger partial charge in [-0.05, 0) is 47.4 Å². The van der Waals surface area contributed by atoms with Crippen molar-refractivity contribution in [3.63, 3.8) is 0 Å². The van der Waals surface area contributed by atoms with Crippen molar-refractivity contribution in [1.82, 2.24) is 10.6 Å². The van der Waals surface area contributed by atoms with E-state index in [0.29, 0.717) is 19.4 Å². The lowest BCUT2D eigenvalue weighted by Gasteiger charge is -2.24. The maximum atomic E-state index is 12.3. The van der Waals surface area contributed by atoms with E-state index in [1.807, 2.05) is 38.1 Å². The second kappa shape index (κ2) is 10.5. The quantitative estimate of drug-likeness (QED) is 0.498. The summed E-state index contributed by atoms with van der Waals surface area (Å²) in [4.78, 5) is 35.0. The average molecular weight is 453 g/mol. The van der Waals surface area contributed by atoms with Gasteiger partial charge in [0.25, 0.3) is 0 Å². The zero-order valence-electron chi connectivity index (χ0n) is 19.4. The van der Waals surface area contributed by atoms with Crippen molar-refractivity contribution in [3.8, 4) is 11.1 Å². The minimum atomic E-state index is -1.06. The molecule has 0 aliphatic heterocycles. The highest BCUT2D eigenvalue weighted by molar-refractivity contribution is 5.83. The minimum Gasteiger partial charge on any atom is -0.480 e. The molecule has 1 atom stereocenters. The molecule has 3 N–H and O–H groups in total. The Morgan fingerprint density at radius 1 is 1.00 bits per heavy atom. The molecular weight excluding hydrogens is 420 g/mol. The number of rotatable bonds is 10. The molecule has 176 valence electrons. The summed E-state index contributed by atoms with van der Waals surface area (Å²) < 4.78 is 5.55. The number of carbonyl (C=O) groups excluding carboxylic acids is 2. The normalized spacial score (nSPS) is 13.5. The molecule has 0 saturated heterocycles. The Labute approximate surface area is 194 Å². The molecule has 0 fully saturated rings.